The number of nitrogens with zero attached hydrogens (tertiary/aromatic N) is 2. The fraction of sp³-hybridized carbons (Fsp3) is 0. The Kier molecular flexibility index (Phi) is 8.12. The summed E-state index contributed by atoms with van der Waals surface area (Å²) in [7, 11) is 0. The Labute approximate surface area is 368 Å². The molecule has 0 N–H and O–H groups in total. The van der Waals surface area contributed by atoms with Gasteiger partial charge in [0.15, 0.2) is 0 Å². The van der Waals surface area contributed by atoms with E-state index >= 15 is 0 Å². The fourth-order valence-corrected chi connectivity index (χ4v) is 11.2. The molecule has 63 heavy (non-hydrogen) atoms. The van der Waals surface area contributed by atoms with E-state index < -0.39 is 0 Å². The smallest absolute Gasteiger partial charge is 0.0562 e. The summed E-state index contributed by atoms with van der Waals surface area (Å²) >= 11 is 1.88. The molecule has 0 saturated carbocycles. The molecule has 10 aromatic carbocycles. The maximum atomic E-state index is 2.45. The Morgan fingerprint density at radius 2 is 0.762 bits per heavy atom. The zero-order chi connectivity index (χ0) is 41.4. The molecule has 0 spiro atoms. The van der Waals surface area contributed by atoms with Crippen molar-refractivity contribution in [3.63, 3.8) is 0 Å². The summed E-state index contributed by atoms with van der Waals surface area (Å²) in [5, 5.41) is 7.60. The van der Waals surface area contributed by atoms with Gasteiger partial charge in [0.2, 0.25) is 0 Å². The topological polar surface area (TPSA) is 9.86 Å². The lowest BCUT2D eigenvalue weighted by Gasteiger charge is -2.12. The van der Waals surface area contributed by atoms with Gasteiger partial charge in [0.1, 0.15) is 0 Å². The summed E-state index contributed by atoms with van der Waals surface area (Å²) in [6.45, 7) is 0. The zero-order valence-electron chi connectivity index (χ0n) is 34.2. The van der Waals surface area contributed by atoms with Gasteiger partial charge in [-0.05, 0) is 123 Å². The molecule has 3 aromatic heterocycles. The maximum absolute atomic E-state index is 2.45. The van der Waals surface area contributed by atoms with Crippen LogP contribution in [-0.4, -0.2) is 9.13 Å². The molecule has 0 atom stereocenters. The Morgan fingerprint density at radius 1 is 0.254 bits per heavy atom. The van der Waals surface area contributed by atoms with Crippen LogP contribution in [-0.2, 0) is 0 Å². The van der Waals surface area contributed by atoms with Gasteiger partial charge in [-0.25, -0.2) is 0 Å². The summed E-state index contributed by atoms with van der Waals surface area (Å²) in [5.41, 5.74) is 16.8. The summed E-state index contributed by atoms with van der Waals surface area (Å²) in [4.78, 5) is 0. The largest absolute Gasteiger partial charge is 0.309 e. The molecule has 2 nitrogen and oxygen atoms in total. The molecule has 3 heteroatoms. The summed E-state index contributed by atoms with van der Waals surface area (Å²) < 4.78 is 7.56. The molecular weight excluding hydrogens is 781 g/mol. The van der Waals surface area contributed by atoms with Crippen molar-refractivity contribution < 1.29 is 0 Å². The van der Waals surface area contributed by atoms with E-state index in [0.717, 1.165) is 11.4 Å². The first-order valence-electron chi connectivity index (χ1n) is 21.6. The van der Waals surface area contributed by atoms with Crippen molar-refractivity contribution in [3.05, 3.63) is 231 Å². The standard InChI is InChI=1S/C60H38N2S/c1-4-15-39(16-5-1)43-33-44(40-17-6-2-7-18-40)35-45(34-43)42-29-32-56-52(36-42)54-37-53-49-21-10-12-25-55(49)62(57(53)38-58(54)61(56)46-19-8-3-9-20-46)47-30-27-41(28-31-47)48-23-14-24-51-50-22-11-13-26-59(50)63-60(48)51/h1-38H. The average Bonchev–Trinajstić information content (AvgIpc) is 4.01. The average molecular weight is 819 g/mol. The summed E-state index contributed by atoms with van der Waals surface area (Å²) in [6, 6.07) is 84.7. The first-order valence-corrected chi connectivity index (χ1v) is 22.4. The third kappa shape index (κ3) is 5.78. The zero-order valence-corrected chi connectivity index (χ0v) is 35.1. The lowest BCUT2D eigenvalue weighted by molar-refractivity contribution is 1.16. The number of fused-ring (bicyclic) bond motifs is 9. The minimum absolute atomic E-state index is 1.14. The second-order valence-electron chi connectivity index (χ2n) is 16.5. The molecule has 3 heterocycles. The molecule has 13 aromatic rings. The monoisotopic (exact) mass is 818 g/mol. The lowest BCUT2D eigenvalue weighted by atomic mass is 9.93. The molecule has 0 aliphatic carbocycles. The van der Waals surface area contributed by atoms with Crippen LogP contribution in [0.25, 0.3) is 120 Å². The predicted octanol–water partition coefficient (Wildman–Crippen LogP) is 16.9. The highest BCUT2D eigenvalue weighted by Gasteiger charge is 2.20. The number of para-hydroxylation sites is 2. The Hall–Kier alpha value is -7.98. The van der Waals surface area contributed by atoms with E-state index in [9.17, 15) is 0 Å². The van der Waals surface area contributed by atoms with Gasteiger partial charge in [0.25, 0.3) is 0 Å². The van der Waals surface area contributed by atoms with Gasteiger partial charge in [0.05, 0.1) is 22.1 Å². The summed E-state index contributed by atoms with van der Waals surface area (Å²) in [6.07, 6.45) is 0. The van der Waals surface area contributed by atoms with E-state index in [4.69, 9.17) is 0 Å². The second-order valence-corrected chi connectivity index (χ2v) is 17.6. The quantitative estimate of drug-likeness (QED) is 0.158. The highest BCUT2D eigenvalue weighted by atomic mass is 32.1. The molecule has 0 fully saturated rings. The van der Waals surface area contributed by atoms with Gasteiger partial charge in [-0.1, -0.05) is 152 Å². The van der Waals surface area contributed by atoms with Crippen molar-refractivity contribution in [2.75, 3.05) is 0 Å². The van der Waals surface area contributed by atoms with Crippen molar-refractivity contribution in [1.82, 2.24) is 9.13 Å². The van der Waals surface area contributed by atoms with E-state index in [-0.39, 0.29) is 0 Å². The van der Waals surface area contributed by atoms with E-state index in [1.807, 2.05) is 11.3 Å². The van der Waals surface area contributed by atoms with Gasteiger partial charge in [0, 0.05) is 53.1 Å². The molecule has 13 rings (SSSR count). The molecular formula is C60H38N2S. The minimum atomic E-state index is 1.14. The van der Waals surface area contributed by atoms with Crippen LogP contribution < -0.4 is 0 Å². The lowest BCUT2D eigenvalue weighted by Crippen LogP contribution is -1.96. The highest BCUT2D eigenvalue weighted by Crippen LogP contribution is 2.43. The van der Waals surface area contributed by atoms with Crippen LogP contribution in [0.2, 0.25) is 0 Å². The molecule has 0 aliphatic heterocycles. The first kappa shape index (κ1) is 35.7. The Morgan fingerprint density at radius 3 is 1.46 bits per heavy atom. The van der Waals surface area contributed by atoms with Crippen molar-refractivity contribution in [3.8, 4) is 55.9 Å². The van der Waals surface area contributed by atoms with E-state index in [1.54, 1.807) is 0 Å². The molecule has 0 radical (unpaired) electrons. The molecule has 0 unspecified atom stereocenters. The maximum Gasteiger partial charge on any atom is 0.0562 e. The number of thiophene rings is 1. The molecule has 0 saturated heterocycles. The van der Waals surface area contributed by atoms with Crippen molar-refractivity contribution in [2.45, 2.75) is 0 Å². The number of benzene rings is 10. The summed E-state index contributed by atoms with van der Waals surface area (Å²) in [5.74, 6) is 0. The van der Waals surface area contributed by atoms with Gasteiger partial charge in [-0.15, -0.1) is 11.3 Å². The van der Waals surface area contributed by atoms with Gasteiger partial charge >= 0.3 is 0 Å². The number of aromatic nitrogens is 2. The van der Waals surface area contributed by atoms with Crippen LogP contribution in [0.4, 0.5) is 0 Å². The van der Waals surface area contributed by atoms with Gasteiger partial charge < -0.3 is 9.13 Å². The van der Waals surface area contributed by atoms with Crippen LogP contribution in [0.15, 0.2) is 231 Å². The van der Waals surface area contributed by atoms with Gasteiger partial charge in [-0.2, -0.15) is 0 Å². The first-order chi connectivity index (χ1) is 31.2. The second kappa shape index (κ2) is 14.3. The van der Waals surface area contributed by atoms with Crippen LogP contribution in [0, 0.1) is 0 Å². The predicted molar refractivity (Wildman–Crippen MR) is 270 cm³/mol. The molecule has 294 valence electrons. The van der Waals surface area contributed by atoms with E-state index in [2.05, 4.69) is 240 Å². The fourth-order valence-electron chi connectivity index (χ4n) is 9.95. The SMILES string of the molecule is c1ccc(-c2cc(-c3ccccc3)cc(-c3ccc4c(c3)c3cc5c6ccccc6n(-c6ccc(-c7cccc8c7sc7ccccc78)cc6)c5cc3n4-c3ccccc3)c2)cc1. The highest BCUT2D eigenvalue weighted by molar-refractivity contribution is 7.26. The molecule has 0 amide bonds. The van der Waals surface area contributed by atoms with Crippen molar-refractivity contribution in [1.29, 1.82) is 0 Å². The third-order valence-electron chi connectivity index (χ3n) is 12.9. The minimum Gasteiger partial charge on any atom is -0.309 e. The van der Waals surface area contributed by atoms with Crippen LogP contribution in [0.3, 0.4) is 0 Å². The number of hydrogen-bond donors (Lipinski definition) is 0. The van der Waals surface area contributed by atoms with Gasteiger partial charge in [-0.3, -0.25) is 0 Å². The number of hydrogen-bond acceptors (Lipinski definition) is 1. The van der Waals surface area contributed by atoms with E-state index in [0.29, 0.717) is 0 Å². The van der Waals surface area contributed by atoms with Crippen LogP contribution in [0.1, 0.15) is 0 Å². The Balaban J connectivity index is 1.01. The Bertz CT molecular complexity index is 3820. The molecule has 0 aliphatic rings. The molecule has 0 bridgehead atoms. The van der Waals surface area contributed by atoms with E-state index in [1.165, 1.54) is 108 Å². The normalized spacial score (nSPS) is 11.8. The van der Waals surface area contributed by atoms with Crippen LogP contribution in [0.5, 0.6) is 0 Å². The number of rotatable bonds is 6. The van der Waals surface area contributed by atoms with Crippen LogP contribution >= 0.6 is 11.3 Å². The third-order valence-corrected chi connectivity index (χ3v) is 14.1. The van der Waals surface area contributed by atoms with Crippen molar-refractivity contribution >= 4 is 75.1 Å². The van der Waals surface area contributed by atoms with Crippen molar-refractivity contribution in [2.24, 2.45) is 0 Å².